The first-order valence-electron chi connectivity index (χ1n) is 6.14. The van der Waals surface area contributed by atoms with Crippen molar-refractivity contribution in [2.45, 2.75) is 26.4 Å². The number of nitrogens with zero attached hydrogens (tertiary/aromatic N) is 3. The van der Waals surface area contributed by atoms with Gasteiger partial charge in [0.15, 0.2) is 0 Å². The number of aromatic nitrogens is 2. The van der Waals surface area contributed by atoms with Crippen LogP contribution in [0, 0.1) is 17.0 Å². The van der Waals surface area contributed by atoms with Gasteiger partial charge >= 0.3 is 5.69 Å². The summed E-state index contributed by atoms with van der Waals surface area (Å²) in [6.45, 7) is 4.79. The molecule has 1 rings (SSSR count). The van der Waals surface area contributed by atoms with Crippen LogP contribution in [0.25, 0.3) is 0 Å². The number of hydrogen-bond donors (Lipinski definition) is 4. The molecule has 0 saturated carbocycles. The molecule has 0 saturated heterocycles. The highest BCUT2D eigenvalue weighted by molar-refractivity contribution is 5.60. The van der Waals surface area contributed by atoms with Gasteiger partial charge in [0.25, 0.3) is 0 Å². The topological polar surface area (TPSA) is 133 Å². The second kappa shape index (κ2) is 6.44. The quantitative estimate of drug-likeness (QED) is 0.414. The lowest BCUT2D eigenvalue weighted by molar-refractivity contribution is -0.385. The van der Waals surface area contributed by atoms with Crippen LogP contribution in [0.1, 0.15) is 19.5 Å². The molecular formula is C11H19N5O4. The van der Waals surface area contributed by atoms with Crippen LogP contribution >= 0.6 is 0 Å². The third kappa shape index (κ3) is 4.00. The summed E-state index contributed by atoms with van der Waals surface area (Å²) in [6.07, 6.45) is 0. The van der Waals surface area contributed by atoms with Crippen LogP contribution < -0.4 is 10.6 Å². The van der Waals surface area contributed by atoms with E-state index in [9.17, 15) is 15.2 Å². The summed E-state index contributed by atoms with van der Waals surface area (Å²) < 4.78 is 0. The first-order chi connectivity index (χ1) is 9.30. The van der Waals surface area contributed by atoms with Crippen molar-refractivity contribution in [3.63, 3.8) is 0 Å². The van der Waals surface area contributed by atoms with Gasteiger partial charge in [-0.05, 0) is 20.8 Å². The third-order valence-electron chi connectivity index (χ3n) is 2.55. The van der Waals surface area contributed by atoms with E-state index in [0.717, 1.165) is 0 Å². The Balaban J connectivity index is 3.10. The monoisotopic (exact) mass is 285 g/mol. The molecule has 1 aromatic heterocycles. The van der Waals surface area contributed by atoms with Gasteiger partial charge in [0, 0.05) is 13.1 Å². The van der Waals surface area contributed by atoms with Crippen molar-refractivity contribution < 1.29 is 15.1 Å². The number of anilines is 2. The summed E-state index contributed by atoms with van der Waals surface area (Å²) >= 11 is 0. The van der Waals surface area contributed by atoms with Gasteiger partial charge in [-0.25, -0.2) is 4.98 Å². The largest absolute Gasteiger partial charge is 0.393 e. The minimum atomic E-state index is -1.40. The first-order valence-corrected chi connectivity index (χ1v) is 6.14. The third-order valence-corrected chi connectivity index (χ3v) is 2.55. The molecule has 9 nitrogen and oxygen atoms in total. The minimum Gasteiger partial charge on any atom is -0.393 e. The molecule has 0 bridgehead atoms. The zero-order valence-corrected chi connectivity index (χ0v) is 11.7. The van der Waals surface area contributed by atoms with E-state index in [1.54, 1.807) is 0 Å². The van der Waals surface area contributed by atoms with Gasteiger partial charge in [0.1, 0.15) is 11.3 Å². The van der Waals surface area contributed by atoms with Crippen molar-refractivity contribution in [3.05, 3.63) is 15.8 Å². The van der Waals surface area contributed by atoms with E-state index in [2.05, 4.69) is 20.6 Å². The lowest BCUT2D eigenvalue weighted by Gasteiger charge is -2.21. The van der Waals surface area contributed by atoms with Crippen LogP contribution in [0.5, 0.6) is 0 Å². The zero-order valence-electron chi connectivity index (χ0n) is 11.7. The number of aryl methyl sites for hydroxylation is 1. The van der Waals surface area contributed by atoms with E-state index in [4.69, 9.17) is 5.11 Å². The van der Waals surface area contributed by atoms with Crippen LogP contribution in [0.15, 0.2) is 0 Å². The van der Waals surface area contributed by atoms with Crippen molar-refractivity contribution in [1.82, 2.24) is 9.97 Å². The predicted octanol–water partition coefficient (Wildman–Crippen LogP) is 0.280. The van der Waals surface area contributed by atoms with Crippen LogP contribution in [-0.4, -0.2) is 50.4 Å². The predicted molar refractivity (Wildman–Crippen MR) is 73.8 cm³/mol. The molecule has 112 valence electrons. The van der Waals surface area contributed by atoms with Gasteiger partial charge in [-0.2, -0.15) is 4.98 Å². The van der Waals surface area contributed by atoms with Crippen LogP contribution in [0.3, 0.4) is 0 Å². The fourth-order valence-corrected chi connectivity index (χ4v) is 1.48. The van der Waals surface area contributed by atoms with Gasteiger partial charge in [-0.15, -0.1) is 0 Å². The van der Waals surface area contributed by atoms with Crippen molar-refractivity contribution in [1.29, 1.82) is 0 Å². The highest BCUT2D eigenvalue weighted by Crippen LogP contribution is 2.26. The SMILES string of the molecule is CCNc1nc(C)c([N+](=O)[O-])c(NCC(C)(O)CO)n1. The second-order valence-corrected chi connectivity index (χ2v) is 4.63. The molecule has 20 heavy (non-hydrogen) atoms. The Labute approximate surface area is 116 Å². The Hall–Kier alpha value is -2.00. The van der Waals surface area contributed by atoms with E-state index in [1.807, 2.05) is 6.92 Å². The Morgan fingerprint density at radius 2 is 2.05 bits per heavy atom. The maximum Gasteiger partial charge on any atom is 0.332 e. The molecule has 9 heteroatoms. The van der Waals surface area contributed by atoms with Crippen LogP contribution in [-0.2, 0) is 0 Å². The number of aliphatic hydroxyl groups is 2. The fourth-order valence-electron chi connectivity index (χ4n) is 1.48. The van der Waals surface area contributed by atoms with Crippen molar-refractivity contribution >= 4 is 17.5 Å². The molecule has 0 fully saturated rings. The number of aliphatic hydroxyl groups excluding tert-OH is 1. The molecule has 0 radical (unpaired) electrons. The van der Waals surface area contributed by atoms with Gasteiger partial charge < -0.3 is 20.8 Å². The second-order valence-electron chi connectivity index (χ2n) is 4.63. The summed E-state index contributed by atoms with van der Waals surface area (Å²) in [5.41, 5.74) is -1.43. The average molecular weight is 285 g/mol. The highest BCUT2D eigenvalue weighted by Gasteiger charge is 2.25. The molecule has 1 atom stereocenters. The summed E-state index contributed by atoms with van der Waals surface area (Å²) in [4.78, 5) is 18.5. The Bertz CT molecular complexity index is 492. The highest BCUT2D eigenvalue weighted by atomic mass is 16.6. The lowest BCUT2D eigenvalue weighted by atomic mass is 10.1. The average Bonchev–Trinajstić information content (AvgIpc) is 2.36. The normalized spacial score (nSPS) is 13.7. The van der Waals surface area contributed by atoms with Gasteiger partial charge in [-0.1, -0.05) is 0 Å². The molecule has 0 aliphatic heterocycles. The minimum absolute atomic E-state index is 0.00664. The molecule has 0 spiro atoms. The summed E-state index contributed by atoms with van der Waals surface area (Å²) in [7, 11) is 0. The van der Waals surface area contributed by atoms with E-state index < -0.39 is 17.1 Å². The van der Waals surface area contributed by atoms with Crippen LogP contribution in [0.4, 0.5) is 17.5 Å². The molecule has 1 heterocycles. The first kappa shape index (κ1) is 16.1. The Kier molecular flexibility index (Phi) is 5.17. The summed E-state index contributed by atoms with van der Waals surface area (Å²) in [5.74, 6) is 0.272. The van der Waals surface area contributed by atoms with Gasteiger partial charge in [0.05, 0.1) is 11.5 Å². The molecule has 0 aliphatic rings. The standard InChI is InChI=1S/C11H19N5O4/c1-4-12-10-14-7(2)8(16(19)20)9(15-10)13-5-11(3,18)6-17/h17-18H,4-6H2,1-3H3,(H2,12,13,14,15). The van der Waals surface area contributed by atoms with E-state index in [-0.39, 0.29) is 29.7 Å². The Morgan fingerprint density at radius 1 is 1.40 bits per heavy atom. The lowest BCUT2D eigenvalue weighted by Crippen LogP contribution is -2.37. The van der Waals surface area contributed by atoms with Crippen LogP contribution in [0.2, 0.25) is 0 Å². The van der Waals surface area contributed by atoms with Crippen molar-refractivity contribution in [2.24, 2.45) is 0 Å². The fraction of sp³-hybridized carbons (Fsp3) is 0.636. The summed E-state index contributed by atoms with van der Waals surface area (Å²) in [6, 6.07) is 0. The van der Waals surface area contributed by atoms with Crippen molar-refractivity contribution in [3.8, 4) is 0 Å². The molecule has 0 aromatic carbocycles. The Morgan fingerprint density at radius 3 is 2.55 bits per heavy atom. The van der Waals surface area contributed by atoms with Gasteiger partial charge in [-0.3, -0.25) is 10.1 Å². The molecule has 4 N–H and O–H groups in total. The number of nitrogens with one attached hydrogen (secondary N) is 2. The number of nitro groups is 1. The number of hydrogen-bond acceptors (Lipinski definition) is 8. The molecule has 1 aromatic rings. The smallest absolute Gasteiger partial charge is 0.332 e. The molecular weight excluding hydrogens is 266 g/mol. The van der Waals surface area contributed by atoms with Gasteiger partial charge in [0.2, 0.25) is 11.8 Å². The maximum atomic E-state index is 11.1. The molecule has 0 aliphatic carbocycles. The van der Waals surface area contributed by atoms with E-state index >= 15 is 0 Å². The molecule has 1 unspecified atom stereocenters. The zero-order chi connectivity index (χ0) is 15.3. The van der Waals surface area contributed by atoms with Crippen molar-refractivity contribution in [2.75, 3.05) is 30.3 Å². The van der Waals surface area contributed by atoms with E-state index in [0.29, 0.717) is 6.54 Å². The summed E-state index contributed by atoms with van der Waals surface area (Å²) in [5, 5.41) is 35.3. The number of rotatable bonds is 7. The maximum absolute atomic E-state index is 11.1. The molecule has 0 amide bonds. The van der Waals surface area contributed by atoms with E-state index in [1.165, 1.54) is 13.8 Å².